The van der Waals surface area contributed by atoms with Crippen LogP contribution in [0.3, 0.4) is 0 Å². The van der Waals surface area contributed by atoms with Crippen LogP contribution in [0.2, 0.25) is 5.02 Å². The van der Waals surface area contributed by atoms with Crippen molar-refractivity contribution in [3.63, 3.8) is 0 Å². The van der Waals surface area contributed by atoms with Crippen molar-refractivity contribution in [1.29, 1.82) is 0 Å². The molecule has 186 valence electrons. The molecule has 7 nitrogen and oxygen atoms in total. The Balaban J connectivity index is 1.64. The molecule has 3 aliphatic heterocycles. The van der Waals surface area contributed by atoms with Gasteiger partial charge < -0.3 is 19.6 Å². The molecular formula is C26H30ClFN4O3. The van der Waals surface area contributed by atoms with E-state index in [9.17, 15) is 14.3 Å². The van der Waals surface area contributed by atoms with E-state index in [-0.39, 0.29) is 39.5 Å². The molecule has 0 bridgehead atoms. The molecule has 2 saturated heterocycles. The van der Waals surface area contributed by atoms with E-state index in [1.54, 1.807) is 4.90 Å². The summed E-state index contributed by atoms with van der Waals surface area (Å²) in [6.07, 6.45) is 3.35. The van der Waals surface area contributed by atoms with Crippen LogP contribution in [0, 0.1) is 5.82 Å². The van der Waals surface area contributed by atoms with Crippen molar-refractivity contribution < 1.29 is 19.0 Å². The fourth-order valence-corrected chi connectivity index (χ4v) is 5.77. The number of ether oxygens (including phenoxy) is 1. The Morgan fingerprint density at radius 3 is 2.83 bits per heavy atom. The average Bonchev–Trinajstić information content (AvgIpc) is 3.06. The van der Waals surface area contributed by atoms with Crippen molar-refractivity contribution in [3.8, 4) is 22.8 Å². The van der Waals surface area contributed by atoms with Crippen LogP contribution in [0.15, 0.2) is 30.9 Å². The lowest BCUT2D eigenvalue weighted by Gasteiger charge is -2.40. The van der Waals surface area contributed by atoms with Crippen LogP contribution < -0.4 is 9.64 Å². The first-order chi connectivity index (χ1) is 16.7. The molecule has 2 fully saturated rings. The number of nitrogens with zero attached hydrogens (tertiary/aromatic N) is 4. The summed E-state index contributed by atoms with van der Waals surface area (Å²) < 4.78 is 21.2. The standard InChI is InChI=1S/C26H30ClFN4O3/c1-4-20(34)31-12-11-30-14-17-24(35-15-16(30)13-31)22(27)23(21-18(28)7-5-8-19(21)33)29-25(17)32-10-6-9-26(32,2)3/h4-5,7-8,16,33H,1,6,9-15H2,2-3H3/t16-/m1/s1. The maximum absolute atomic E-state index is 14.9. The van der Waals surface area contributed by atoms with E-state index in [1.165, 1.54) is 24.3 Å². The van der Waals surface area contributed by atoms with Gasteiger partial charge in [-0.2, -0.15) is 0 Å². The van der Waals surface area contributed by atoms with E-state index < -0.39 is 5.82 Å². The number of aromatic hydroxyl groups is 1. The number of hydrogen-bond donors (Lipinski definition) is 1. The van der Waals surface area contributed by atoms with Crippen molar-refractivity contribution in [2.75, 3.05) is 37.7 Å². The molecule has 0 unspecified atom stereocenters. The van der Waals surface area contributed by atoms with Gasteiger partial charge in [0.15, 0.2) is 0 Å². The summed E-state index contributed by atoms with van der Waals surface area (Å²) in [5.74, 6) is 0.247. The number of halogens is 2. The van der Waals surface area contributed by atoms with E-state index in [4.69, 9.17) is 21.3 Å². The fourth-order valence-electron chi connectivity index (χ4n) is 5.46. The van der Waals surface area contributed by atoms with Crippen molar-refractivity contribution in [1.82, 2.24) is 14.8 Å². The normalized spacial score (nSPS) is 21.7. The number of fused-ring (bicyclic) bond motifs is 2. The van der Waals surface area contributed by atoms with Gasteiger partial charge in [0, 0.05) is 38.3 Å². The SMILES string of the molecule is C=CC(=O)N1CCN2Cc3c(N4CCCC4(C)C)nc(-c4c(O)cccc4F)c(Cl)c3OC[C@H]2C1. The van der Waals surface area contributed by atoms with E-state index in [0.29, 0.717) is 44.4 Å². The Labute approximate surface area is 209 Å². The smallest absolute Gasteiger partial charge is 0.246 e. The summed E-state index contributed by atoms with van der Waals surface area (Å²) >= 11 is 6.85. The Bertz CT molecular complexity index is 1170. The lowest BCUT2D eigenvalue weighted by molar-refractivity contribution is -0.129. The van der Waals surface area contributed by atoms with E-state index in [0.717, 1.165) is 24.9 Å². The van der Waals surface area contributed by atoms with Crippen LogP contribution in [0.1, 0.15) is 32.3 Å². The third-order valence-electron chi connectivity index (χ3n) is 7.43. The van der Waals surface area contributed by atoms with E-state index in [1.807, 2.05) is 0 Å². The molecule has 0 spiro atoms. The van der Waals surface area contributed by atoms with Gasteiger partial charge in [0.05, 0.1) is 17.2 Å². The molecule has 5 rings (SSSR count). The fraction of sp³-hybridized carbons (Fsp3) is 0.462. The van der Waals surface area contributed by atoms with Gasteiger partial charge in [-0.25, -0.2) is 9.37 Å². The second-order valence-electron chi connectivity index (χ2n) is 10.0. The number of carbonyl (C=O) groups is 1. The van der Waals surface area contributed by atoms with Gasteiger partial charge in [0.1, 0.15) is 40.5 Å². The van der Waals surface area contributed by atoms with Gasteiger partial charge in [0.25, 0.3) is 0 Å². The van der Waals surface area contributed by atoms with Crippen LogP contribution in [0.5, 0.6) is 11.5 Å². The number of anilines is 1. The highest BCUT2D eigenvalue weighted by molar-refractivity contribution is 6.35. The van der Waals surface area contributed by atoms with Gasteiger partial charge >= 0.3 is 0 Å². The molecule has 3 aliphatic rings. The van der Waals surface area contributed by atoms with Crippen LogP contribution in [0.4, 0.5) is 10.2 Å². The topological polar surface area (TPSA) is 69.1 Å². The quantitative estimate of drug-likeness (QED) is 0.636. The minimum atomic E-state index is -0.601. The molecule has 2 aromatic rings. The first kappa shape index (κ1) is 23.9. The van der Waals surface area contributed by atoms with Gasteiger partial charge in [0.2, 0.25) is 5.91 Å². The molecule has 35 heavy (non-hydrogen) atoms. The Kier molecular flexibility index (Phi) is 6.13. The second kappa shape index (κ2) is 8.99. The molecule has 4 heterocycles. The highest BCUT2D eigenvalue weighted by atomic mass is 35.5. The van der Waals surface area contributed by atoms with Crippen molar-refractivity contribution in [3.05, 3.63) is 47.3 Å². The molecule has 0 saturated carbocycles. The molecule has 1 N–H and O–H groups in total. The number of aromatic nitrogens is 1. The number of benzene rings is 1. The lowest BCUT2D eigenvalue weighted by atomic mass is 10.0. The average molecular weight is 501 g/mol. The number of carbonyl (C=O) groups excluding carboxylic acids is 1. The second-order valence-corrected chi connectivity index (χ2v) is 10.4. The minimum absolute atomic E-state index is 0.0270. The molecule has 1 atom stereocenters. The number of piperazine rings is 1. The first-order valence-corrected chi connectivity index (χ1v) is 12.3. The summed E-state index contributed by atoms with van der Waals surface area (Å²) in [7, 11) is 0. The Morgan fingerprint density at radius 2 is 2.14 bits per heavy atom. The zero-order chi connectivity index (χ0) is 24.9. The molecule has 0 aliphatic carbocycles. The van der Waals surface area contributed by atoms with Crippen LogP contribution in [0.25, 0.3) is 11.3 Å². The maximum Gasteiger partial charge on any atom is 0.246 e. The number of rotatable bonds is 3. The minimum Gasteiger partial charge on any atom is -0.507 e. The van der Waals surface area contributed by atoms with Gasteiger partial charge in [-0.1, -0.05) is 24.2 Å². The van der Waals surface area contributed by atoms with Crippen molar-refractivity contribution in [2.45, 2.75) is 44.8 Å². The van der Waals surface area contributed by atoms with Crippen molar-refractivity contribution >= 4 is 23.3 Å². The lowest BCUT2D eigenvalue weighted by Crippen LogP contribution is -2.55. The van der Waals surface area contributed by atoms with Gasteiger partial charge in [-0.05, 0) is 44.9 Å². The Hall–Kier alpha value is -2.84. The largest absolute Gasteiger partial charge is 0.507 e. The number of phenolic OH excluding ortho intramolecular Hbond substituents is 1. The molecular weight excluding hydrogens is 471 g/mol. The van der Waals surface area contributed by atoms with E-state index in [2.05, 4.69) is 30.2 Å². The zero-order valence-corrected chi connectivity index (χ0v) is 20.8. The molecule has 9 heteroatoms. The number of phenols is 1. The molecule has 1 aromatic carbocycles. The molecule has 0 radical (unpaired) electrons. The summed E-state index contributed by atoms with van der Waals surface area (Å²) in [6, 6.07) is 4.12. The molecule has 1 amide bonds. The monoisotopic (exact) mass is 500 g/mol. The number of amides is 1. The molecule has 1 aromatic heterocycles. The van der Waals surface area contributed by atoms with Crippen LogP contribution >= 0.6 is 11.6 Å². The Morgan fingerprint density at radius 1 is 1.34 bits per heavy atom. The summed E-state index contributed by atoms with van der Waals surface area (Å²) in [6.45, 7) is 11.4. The highest BCUT2D eigenvalue weighted by Gasteiger charge is 2.40. The summed E-state index contributed by atoms with van der Waals surface area (Å²) in [4.78, 5) is 23.4. The predicted molar refractivity (Wildman–Crippen MR) is 133 cm³/mol. The van der Waals surface area contributed by atoms with Crippen molar-refractivity contribution in [2.24, 2.45) is 0 Å². The summed E-state index contributed by atoms with van der Waals surface area (Å²) in [5.41, 5.74) is 0.841. The summed E-state index contributed by atoms with van der Waals surface area (Å²) in [5, 5.41) is 10.7. The van der Waals surface area contributed by atoms with Crippen LogP contribution in [-0.2, 0) is 11.3 Å². The number of pyridine rings is 1. The first-order valence-electron chi connectivity index (χ1n) is 12.0. The zero-order valence-electron chi connectivity index (χ0n) is 20.1. The van der Waals surface area contributed by atoms with E-state index >= 15 is 0 Å². The maximum atomic E-state index is 14.9. The number of hydrogen-bond acceptors (Lipinski definition) is 6. The van der Waals surface area contributed by atoms with Gasteiger partial charge in [-0.3, -0.25) is 9.69 Å². The highest BCUT2D eigenvalue weighted by Crippen LogP contribution is 2.47. The van der Waals surface area contributed by atoms with Crippen LogP contribution in [-0.4, -0.2) is 70.2 Å². The third-order valence-corrected chi connectivity index (χ3v) is 7.78. The predicted octanol–water partition coefficient (Wildman–Crippen LogP) is 4.22. The third kappa shape index (κ3) is 4.12. The van der Waals surface area contributed by atoms with Gasteiger partial charge in [-0.15, -0.1) is 0 Å².